The lowest BCUT2D eigenvalue weighted by Crippen LogP contribution is -2.19. The first-order valence-electron chi connectivity index (χ1n) is 12.1. The molecule has 0 bridgehead atoms. The van der Waals surface area contributed by atoms with Crippen LogP contribution in [0.4, 0.5) is 11.6 Å². The molecule has 0 aliphatic carbocycles. The quantitative estimate of drug-likeness (QED) is 0.120. The second kappa shape index (κ2) is 13.5. The van der Waals surface area contributed by atoms with Gasteiger partial charge >= 0.3 is 0 Å². The molecule has 3 aromatic heterocycles. The number of hydrazine groups is 1. The lowest BCUT2D eigenvalue weighted by Gasteiger charge is -2.03. The van der Waals surface area contributed by atoms with E-state index in [0.29, 0.717) is 34.4 Å². The second-order valence-corrected chi connectivity index (χ2v) is 8.91. The molecule has 5 N–H and O–H groups in total. The van der Waals surface area contributed by atoms with Crippen LogP contribution in [-0.4, -0.2) is 27.3 Å². The number of nitrogens with zero attached hydrogens (tertiary/aromatic N) is 3. The molecule has 202 valence electrons. The number of nitrogens with one attached hydrogen (secondary N) is 3. The standard InChI is InChI=1S/C24H20ClN3O2.C5H6N4O/c1-15-2-6-17(7-3-15)18-10-19-11-20(30-24(19)21(25)12-18)14-28-23(29)9-5-16-4-8-22(26)27-13-16;10-4-8-9-5-3-6-1-2-7-5/h2-13H,14H2,1H3,(H2,26,27)(H,28,29);1-4H,(H,7,9)(H,8,10)/b9-5+;. The van der Waals surface area contributed by atoms with E-state index >= 15 is 0 Å². The largest absolute Gasteiger partial charge is 0.458 e. The van der Waals surface area contributed by atoms with Crippen LogP contribution in [0.2, 0.25) is 5.02 Å². The molecule has 0 spiro atoms. The Morgan fingerprint density at radius 1 is 1.02 bits per heavy atom. The number of carbonyl (C=O) groups is 2. The molecule has 3 heterocycles. The zero-order chi connectivity index (χ0) is 28.3. The second-order valence-electron chi connectivity index (χ2n) is 8.50. The summed E-state index contributed by atoms with van der Waals surface area (Å²) in [6.45, 7) is 2.31. The minimum absolute atomic E-state index is 0.237. The Bertz CT molecular complexity index is 1600. The van der Waals surface area contributed by atoms with Crippen LogP contribution in [0.5, 0.6) is 0 Å². The number of anilines is 2. The van der Waals surface area contributed by atoms with E-state index in [2.05, 4.69) is 62.3 Å². The minimum Gasteiger partial charge on any atom is -0.458 e. The molecule has 0 saturated carbocycles. The number of aromatic nitrogens is 3. The summed E-state index contributed by atoms with van der Waals surface area (Å²) in [6.07, 6.45) is 9.81. The van der Waals surface area contributed by atoms with Gasteiger partial charge in [0, 0.05) is 30.1 Å². The van der Waals surface area contributed by atoms with Crippen LogP contribution in [0.1, 0.15) is 16.9 Å². The molecule has 0 fully saturated rings. The number of nitrogens with two attached hydrogens (primary N) is 1. The number of aryl methyl sites for hydroxylation is 1. The van der Waals surface area contributed by atoms with Gasteiger partial charge in [0.1, 0.15) is 11.6 Å². The fourth-order valence-electron chi connectivity index (χ4n) is 3.55. The molecule has 40 heavy (non-hydrogen) atoms. The van der Waals surface area contributed by atoms with Gasteiger partial charge < -0.3 is 15.5 Å². The highest BCUT2D eigenvalue weighted by atomic mass is 35.5. The van der Waals surface area contributed by atoms with Crippen LogP contribution < -0.4 is 21.9 Å². The van der Waals surface area contributed by atoms with E-state index in [1.54, 1.807) is 30.6 Å². The van der Waals surface area contributed by atoms with Gasteiger partial charge in [-0.2, -0.15) is 0 Å². The van der Waals surface area contributed by atoms with Crippen molar-refractivity contribution in [1.82, 2.24) is 25.7 Å². The zero-order valence-electron chi connectivity index (χ0n) is 21.5. The summed E-state index contributed by atoms with van der Waals surface area (Å²) in [6, 6.07) is 17.6. The van der Waals surface area contributed by atoms with E-state index in [1.165, 1.54) is 24.0 Å². The summed E-state index contributed by atoms with van der Waals surface area (Å²) >= 11 is 6.44. The highest BCUT2D eigenvalue weighted by Gasteiger charge is 2.11. The van der Waals surface area contributed by atoms with Gasteiger partial charge in [-0.3, -0.25) is 25.4 Å². The van der Waals surface area contributed by atoms with Crippen molar-refractivity contribution in [2.24, 2.45) is 0 Å². The van der Waals surface area contributed by atoms with Crippen LogP contribution in [-0.2, 0) is 16.1 Å². The maximum absolute atomic E-state index is 12.1. The number of rotatable bonds is 8. The molecule has 5 aromatic rings. The number of benzene rings is 2. The molecule has 0 radical (unpaired) electrons. The fourth-order valence-corrected chi connectivity index (χ4v) is 3.82. The van der Waals surface area contributed by atoms with Crippen LogP contribution in [0.15, 0.2) is 89.9 Å². The lowest BCUT2D eigenvalue weighted by atomic mass is 10.0. The van der Waals surface area contributed by atoms with Crippen molar-refractivity contribution in [3.63, 3.8) is 0 Å². The molecule has 2 aromatic carbocycles. The summed E-state index contributed by atoms with van der Waals surface area (Å²) in [5.41, 5.74) is 15.0. The number of hydrogen-bond acceptors (Lipinski definition) is 8. The molecule has 0 atom stereocenters. The third kappa shape index (κ3) is 7.89. The van der Waals surface area contributed by atoms with Gasteiger partial charge in [-0.05, 0) is 60.0 Å². The number of halogens is 1. The number of fused-ring (bicyclic) bond motifs is 1. The van der Waals surface area contributed by atoms with Gasteiger partial charge in [-0.1, -0.05) is 41.4 Å². The van der Waals surface area contributed by atoms with Gasteiger partial charge in [0.05, 0.1) is 17.8 Å². The molecular weight excluding hydrogens is 530 g/mol. The van der Waals surface area contributed by atoms with Crippen molar-refractivity contribution in [2.75, 3.05) is 11.2 Å². The number of carbonyl (C=O) groups excluding carboxylic acids is 2. The normalized spacial score (nSPS) is 10.6. The number of nitrogen functional groups attached to an aromatic ring is 1. The molecule has 11 heteroatoms. The minimum atomic E-state index is -0.237. The van der Waals surface area contributed by atoms with Crippen molar-refractivity contribution in [3.05, 3.63) is 107 Å². The van der Waals surface area contributed by atoms with Gasteiger partial charge in [-0.15, -0.1) is 0 Å². The predicted octanol–water partition coefficient (Wildman–Crippen LogP) is 4.92. The van der Waals surface area contributed by atoms with Crippen molar-refractivity contribution in [2.45, 2.75) is 13.5 Å². The number of amides is 2. The Labute approximate surface area is 235 Å². The fraction of sp³-hybridized carbons (Fsp3) is 0.0690. The first-order valence-corrected chi connectivity index (χ1v) is 12.5. The predicted molar refractivity (Wildman–Crippen MR) is 156 cm³/mol. The van der Waals surface area contributed by atoms with E-state index in [4.69, 9.17) is 21.8 Å². The van der Waals surface area contributed by atoms with E-state index in [0.717, 1.165) is 22.1 Å². The molecule has 2 amide bonds. The first kappa shape index (κ1) is 27.8. The highest BCUT2D eigenvalue weighted by molar-refractivity contribution is 6.35. The molecule has 0 aliphatic rings. The summed E-state index contributed by atoms with van der Waals surface area (Å²) in [5, 5.41) is 4.24. The maximum Gasteiger partial charge on any atom is 0.244 e. The molecule has 10 nitrogen and oxygen atoms in total. The van der Waals surface area contributed by atoms with E-state index in [1.807, 2.05) is 18.2 Å². The van der Waals surface area contributed by atoms with E-state index < -0.39 is 0 Å². The summed E-state index contributed by atoms with van der Waals surface area (Å²) in [5.74, 6) is 1.34. The molecule has 0 aliphatic heterocycles. The molecular formula is C29H26ClN7O3. The number of furan rings is 1. The van der Waals surface area contributed by atoms with Crippen molar-refractivity contribution < 1.29 is 14.0 Å². The molecule has 0 saturated heterocycles. The third-order valence-electron chi connectivity index (χ3n) is 5.50. The van der Waals surface area contributed by atoms with E-state index in [-0.39, 0.29) is 12.5 Å². The third-order valence-corrected chi connectivity index (χ3v) is 5.78. The van der Waals surface area contributed by atoms with Crippen LogP contribution in [0.3, 0.4) is 0 Å². The highest BCUT2D eigenvalue weighted by Crippen LogP contribution is 2.33. The van der Waals surface area contributed by atoms with Gasteiger partial charge in [0.2, 0.25) is 12.3 Å². The summed E-state index contributed by atoms with van der Waals surface area (Å²) in [4.78, 5) is 33.4. The van der Waals surface area contributed by atoms with Gasteiger partial charge in [-0.25, -0.2) is 9.97 Å². The SMILES string of the molecule is Cc1ccc(-c2cc(Cl)c3oc(CNC(=O)/C=C/c4ccc(N)nc4)cc3c2)cc1.O=CNNc1cnccn1. The van der Waals surface area contributed by atoms with Crippen LogP contribution in [0.25, 0.3) is 28.2 Å². The van der Waals surface area contributed by atoms with Crippen molar-refractivity contribution >= 4 is 52.6 Å². The summed E-state index contributed by atoms with van der Waals surface area (Å²) < 4.78 is 5.84. The number of hydrogen-bond donors (Lipinski definition) is 4. The lowest BCUT2D eigenvalue weighted by molar-refractivity contribution is -0.116. The Kier molecular flexibility index (Phi) is 9.41. The smallest absolute Gasteiger partial charge is 0.244 e. The topological polar surface area (TPSA) is 148 Å². The van der Waals surface area contributed by atoms with Crippen molar-refractivity contribution in [3.8, 4) is 11.1 Å². The first-order chi connectivity index (χ1) is 19.4. The Morgan fingerprint density at radius 3 is 2.55 bits per heavy atom. The number of pyridine rings is 1. The summed E-state index contributed by atoms with van der Waals surface area (Å²) in [7, 11) is 0. The average Bonchev–Trinajstić information content (AvgIpc) is 3.40. The average molecular weight is 556 g/mol. The van der Waals surface area contributed by atoms with Crippen molar-refractivity contribution in [1.29, 1.82) is 0 Å². The molecule has 0 unspecified atom stereocenters. The zero-order valence-corrected chi connectivity index (χ0v) is 22.2. The van der Waals surface area contributed by atoms with E-state index in [9.17, 15) is 9.59 Å². The van der Waals surface area contributed by atoms with Crippen LogP contribution >= 0.6 is 11.6 Å². The van der Waals surface area contributed by atoms with Gasteiger partial charge in [0.25, 0.3) is 0 Å². The monoisotopic (exact) mass is 555 g/mol. The Hall–Kier alpha value is -5.22. The Morgan fingerprint density at radius 2 is 1.85 bits per heavy atom. The molecule has 5 rings (SSSR count). The van der Waals surface area contributed by atoms with Gasteiger partial charge in [0.15, 0.2) is 11.4 Å². The Balaban J connectivity index is 0.000000312. The maximum atomic E-state index is 12.1. The van der Waals surface area contributed by atoms with Crippen LogP contribution in [0, 0.1) is 6.92 Å².